The fourth-order valence-electron chi connectivity index (χ4n) is 2.63. The fraction of sp³-hybridized carbons (Fsp3) is 0.333. The molecule has 0 heterocycles. The summed E-state index contributed by atoms with van der Waals surface area (Å²) < 4.78 is 1.10. The van der Waals surface area contributed by atoms with Gasteiger partial charge in [-0.15, -0.1) is 0 Å². The molecule has 0 aliphatic carbocycles. The van der Waals surface area contributed by atoms with Crippen molar-refractivity contribution in [1.82, 2.24) is 4.90 Å². The van der Waals surface area contributed by atoms with Crippen LogP contribution in [0.3, 0.4) is 0 Å². The molecule has 21 heavy (non-hydrogen) atoms. The van der Waals surface area contributed by atoms with Gasteiger partial charge in [0.2, 0.25) is 0 Å². The summed E-state index contributed by atoms with van der Waals surface area (Å²) >= 11 is 3.49. The lowest BCUT2D eigenvalue weighted by atomic mass is 10.0. The van der Waals surface area contributed by atoms with E-state index in [0.717, 1.165) is 17.6 Å². The van der Waals surface area contributed by atoms with Gasteiger partial charge in [0.1, 0.15) is 0 Å². The van der Waals surface area contributed by atoms with E-state index in [-0.39, 0.29) is 6.04 Å². The summed E-state index contributed by atoms with van der Waals surface area (Å²) in [6, 6.07) is 17.3. The number of rotatable bonds is 6. The molecule has 112 valence electrons. The minimum atomic E-state index is 0.253. The zero-order valence-corrected chi connectivity index (χ0v) is 14.3. The molecule has 2 rings (SSSR count). The lowest BCUT2D eigenvalue weighted by Gasteiger charge is -2.30. The van der Waals surface area contributed by atoms with Gasteiger partial charge in [-0.25, -0.2) is 0 Å². The van der Waals surface area contributed by atoms with E-state index < -0.39 is 0 Å². The van der Waals surface area contributed by atoms with Crippen LogP contribution in [0.15, 0.2) is 53.0 Å². The minimum absolute atomic E-state index is 0.253. The Hall–Kier alpha value is -1.16. The molecule has 2 N–H and O–H groups in total. The lowest BCUT2D eigenvalue weighted by molar-refractivity contribution is 0.203. The van der Waals surface area contributed by atoms with Crippen molar-refractivity contribution >= 4 is 15.9 Å². The maximum atomic E-state index is 6.06. The van der Waals surface area contributed by atoms with Crippen LogP contribution in [0.4, 0.5) is 0 Å². The molecule has 0 radical (unpaired) electrons. The molecule has 2 nitrogen and oxygen atoms in total. The second-order valence-corrected chi connectivity index (χ2v) is 6.21. The van der Waals surface area contributed by atoms with Gasteiger partial charge in [0.25, 0.3) is 0 Å². The Bertz CT molecular complexity index is 566. The number of nitrogens with two attached hydrogens (primary N) is 1. The summed E-state index contributed by atoms with van der Waals surface area (Å²) in [5, 5.41) is 0. The number of likely N-dealkylation sites (N-methyl/N-ethyl adjacent to an activating group) is 1. The second kappa shape index (κ2) is 7.74. The first-order valence-electron chi connectivity index (χ1n) is 7.39. The molecule has 0 aromatic heterocycles. The van der Waals surface area contributed by atoms with Crippen LogP contribution in [0.25, 0.3) is 0 Å². The zero-order chi connectivity index (χ0) is 15.2. The first-order valence-corrected chi connectivity index (χ1v) is 8.19. The van der Waals surface area contributed by atoms with Crippen molar-refractivity contribution in [2.75, 3.05) is 13.1 Å². The Labute approximate surface area is 136 Å². The molecule has 0 saturated carbocycles. The molecule has 3 heteroatoms. The van der Waals surface area contributed by atoms with Gasteiger partial charge in [-0.3, -0.25) is 4.90 Å². The highest BCUT2D eigenvalue weighted by Crippen LogP contribution is 2.24. The molecule has 0 saturated heterocycles. The summed E-state index contributed by atoms with van der Waals surface area (Å²) in [6.07, 6.45) is 0. The third-order valence-electron chi connectivity index (χ3n) is 3.96. The maximum absolute atomic E-state index is 6.06. The average molecular weight is 347 g/mol. The number of hydrogen-bond acceptors (Lipinski definition) is 2. The Kier molecular flexibility index (Phi) is 5.97. The minimum Gasteiger partial charge on any atom is -0.329 e. The molecule has 0 spiro atoms. The van der Waals surface area contributed by atoms with Gasteiger partial charge >= 0.3 is 0 Å². The Balaban J connectivity index is 2.21. The molecule has 0 amide bonds. The topological polar surface area (TPSA) is 29.3 Å². The highest BCUT2D eigenvalue weighted by molar-refractivity contribution is 9.10. The van der Waals surface area contributed by atoms with Crippen LogP contribution in [0.5, 0.6) is 0 Å². The SMILES string of the molecule is CCN(Cc1ccccc1C)C(CN)c1ccc(Br)cc1. The molecule has 0 aliphatic heterocycles. The highest BCUT2D eigenvalue weighted by Gasteiger charge is 2.18. The van der Waals surface area contributed by atoms with Crippen LogP contribution in [0, 0.1) is 6.92 Å². The van der Waals surface area contributed by atoms with Crippen LogP contribution < -0.4 is 5.73 Å². The number of hydrogen-bond donors (Lipinski definition) is 1. The summed E-state index contributed by atoms with van der Waals surface area (Å²) in [5.41, 5.74) is 10.0. The smallest absolute Gasteiger partial charge is 0.0473 e. The van der Waals surface area contributed by atoms with E-state index in [1.807, 2.05) is 0 Å². The standard InChI is InChI=1S/C18H23BrN2/c1-3-21(13-16-7-5-4-6-14(16)2)18(12-20)15-8-10-17(19)11-9-15/h4-11,18H,3,12-13,20H2,1-2H3. The summed E-state index contributed by atoms with van der Waals surface area (Å²) in [7, 11) is 0. The Morgan fingerprint density at radius 3 is 2.33 bits per heavy atom. The van der Waals surface area contributed by atoms with Gasteiger partial charge in [-0.2, -0.15) is 0 Å². The van der Waals surface area contributed by atoms with Crippen LogP contribution >= 0.6 is 15.9 Å². The number of nitrogens with zero attached hydrogens (tertiary/aromatic N) is 1. The zero-order valence-electron chi connectivity index (χ0n) is 12.7. The first-order chi connectivity index (χ1) is 10.2. The quantitative estimate of drug-likeness (QED) is 0.845. The van der Waals surface area contributed by atoms with Crippen LogP contribution in [0.1, 0.15) is 29.7 Å². The predicted molar refractivity (Wildman–Crippen MR) is 93.2 cm³/mol. The van der Waals surface area contributed by atoms with Gasteiger partial charge in [0, 0.05) is 23.6 Å². The molecule has 1 atom stereocenters. The molecule has 1 unspecified atom stereocenters. The van der Waals surface area contributed by atoms with E-state index in [1.165, 1.54) is 16.7 Å². The van der Waals surface area contributed by atoms with E-state index in [9.17, 15) is 0 Å². The van der Waals surface area contributed by atoms with Crippen molar-refractivity contribution in [2.24, 2.45) is 5.73 Å². The molecule has 0 aliphatic rings. The molecule has 0 bridgehead atoms. The summed E-state index contributed by atoms with van der Waals surface area (Å²) in [5.74, 6) is 0. The van der Waals surface area contributed by atoms with Gasteiger partial charge < -0.3 is 5.73 Å². The largest absolute Gasteiger partial charge is 0.329 e. The number of aryl methyl sites for hydroxylation is 1. The fourth-order valence-corrected chi connectivity index (χ4v) is 2.89. The van der Waals surface area contributed by atoms with Gasteiger partial charge in [0.05, 0.1) is 0 Å². The normalized spacial score (nSPS) is 12.6. The van der Waals surface area contributed by atoms with Crippen molar-refractivity contribution in [3.8, 4) is 0 Å². The molecule has 2 aromatic rings. The summed E-state index contributed by atoms with van der Waals surface area (Å²) in [4.78, 5) is 2.44. The van der Waals surface area contributed by atoms with Crippen LogP contribution in [-0.2, 0) is 6.54 Å². The van der Waals surface area contributed by atoms with Crippen molar-refractivity contribution in [1.29, 1.82) is 0 Å². The summed E-state index contributed by atoms with van der Waals surface area (Å²) in [6.45, 7) is 6.90. The number of benzene rings is 2. The van der Waals surface area contributed by atoms with Gasteiger partial charge in [0.15, 0.2) is 0 Å². The molecular formula is C18H23BrN2. The van der Waals surface area contributed by atoms with E-state index in [0.29, 0.717) is 6.54 Å². The van der Waals surface area contributed by atoms with E-state index in [2.05, 4.69) is 83.2 Å². The Morgan fingerprint density at radius 2 is 1.76 bits per heavy atom. The van der Waals surface area contributed by atoms with Gasteiger partial charge in [-0.1, -0.05) is 59.3 Å². The molecular weight excluding hydrogens is 324 g/mol. The van der Waals surface area contributed by atoms with Gasteiger partial charge in [-0.05, 0) is 42.3 Å². The molecule has 2 aromatic carbocycles. The van der Waals surface area contributed by atoms with Crippen molar-refractivity contribution in [2.45, 2.75) is 26.4 Å². The maximum Gasteiger partial charge on any atom is 0.0473 e. The average Bonchev–Trinajstić information content (AvgIpc) is 2.50. The number of halogens is 1. The lowest BCUT2D eigenvalue weighted by Crippen LogP contribution is -2.33. The van der Waals surface area contributed by atoms with E-state index in [1.54, 1.807) is 0 Å². The highest BCUT2D eigenvalue weighted by atomic mass is 79.9. The third-order valence-corrected chi connectivity index (χ3v) is 4.49. The van der Waals surface area contributed by atoms with Crippen molar-refractivity contribution in [3.05, 3.63) is 69.7 Å². The Morgan fingerprint density at radius 1 is 1.10 bits per heavy atom. The van der Waals surface area contributed by atoms with Crippen molar-refractivity contribution < 1.29 is 0 Å². The van der Waals surface area contributed by atoms with E-state index >= 15 is 0 Å². The van der Waals surface area contributed by atoms with Crippen molar-refractivity contribution in [3.63, 3.8) is 0 Å². The van der Waals surface area contributed by atoms with E-state index in [4.69, 9.17) is 5.73 Å². The molecule has 0 fully saturated rings. The first kappa shape index (κ1) is 16.2. The third kappa shape index (κ3) is 4.16. The van der Waals surface area contributed by atoms with Crippen LogP contribution in [0.2, 0.25) is 0 Å². The second-order valence-electron chi connectivity index (χ2n) is 5.29. The predicted octanol–water partition coefficient (Wildman–Crippen LogP) is 4.28. The monoisotopic (exact) mass is 346 g/mol. The van der Waals surface area contributed by atoms with Crippen LogP contribution in [-0.4, -0.2) is 18.0 Å².